The van der Waals surface area contributed by atoms with E-state index in [4.69, 9.17) is 9.47 Å². The lowest BCUT2D eigenvalue weighted by molar-refractivity contribution is -0.346. The monoisotopic (exact) mass is 128 g/mol. The molecule has 0 aliphatic carbocycles. The van der Waals surface area contributed by atoms with Gasteiger partial charge in [0, 0.05) is 5.41 Å². The van der Waals surface area contributed by atoms with E-state index in [-0.39, 0.29) is 5.60 Å². The van der Waals surface area contributed by atoms with Crippen molar-refractivity contribution in [1.82, 2.24) is 0 Å². The van der Waals surface area contributed by atoms with Crippen molar-refractivity contribution in [2.24, 2.45) is 5.41 Å². The predicted molar refractivity (Wildman–Crippen MR) is 33.3 cm³/mol. The summed E-state index contributed by atoms with van der Waals surface area (Å²) in [5.74, 6) is 0. The van der Waals surface area contributed by atoms with Crippen LogP contribution in [0.25, 0.3) is 0 Å². The molecule has 2 heteroatoms. The van der Waals surface area contributed by atoms with E-state index in [1.165, 1.54) is 0 Å². The molecule has 2 fully saturated rings. The van der Waals surface area contributed by atoms with Gasteiger partial charge in [0.25, 0.3) is 0 Å². The summed E-state index contributed by atoms with van der Waals surface area (Å²) >= 11 is 0. The maximum atomic E-state index is 5.44. The summed E-state index contributed by atoms with van der Waals surface area (Å²) in [5, 5.41) is 0. The fourth-order valence-electron chi connectivity index (χ4n) is 1.33. The van der Waals surface area contributed by atoms with Gasteiger partial charge in [-0.05, 0) is 0 Å². The molecular formula is C7H12O2. The third kappa shape index (κ3) is 0.485. The van der Waals surface area contributed by atoms with Gasteiger partial charge in [0.15, 0.2) is 0 Å². The first-order valence-corrected chi connectivity index (χ1v) is 3.38. The van der Waals surface area contributed by atoms with Crippen LogP contribution in [0.5, 0.6) is 0 Å². The molecule has 52 valence electrons. The van der Waals surface area contributed by atoms with Gasteiger partial charge in [-0.1, -0.05) is 13.8 Å². The highest BCUT2D eigenvalue weighted by atomic mass is 16.6. The van der Waals surface area contributed by atoms with E-state index < -0.39 is 0 Å². The number of hydrogen-bond donors (Lipinski definition) is 0. The molecule has 0 unspecified atom stereocenters. The zero-order valence-corrected chi connectivity index (χ0v) is 5.94. The minimum atomic E-state index is 0.118. The van der Waals surface area contributed by atoms with E-state index in [0.717, 1.165) is 19.8 Å². The van der Waals surface area contributed by atoms with Crippen molar-refractivity contribution in [3.63, 3.8) is 0 Å². The van der Waals surface area contributed by atoms with Crippen LogP contribution in [0.15, 0.2) is 0 Å². The molecular weight excluding hydrogens is 116 g/mol. The molecule has 0 saturated carbocycles. The molecule has 0 bridgehead atoms. The minimum absolute atomic E-state index is 0.118. The van der Waals surface area contributed by atoms with Crippen LogP contribution in [0.2, 0.25) is 0 Å². The Labute approximate surface area is 55.1 Å². The molecule has 2 aliphatic heterocycles. The zero-order valence-electron chi connectivity index (χ0n) is 5.94. The van der Waals surface area contributed by atoms with E-state index in [0.29, 0.717) is 5.41 Å². The molecule has 0 amide bonds. The van der Waals surface area contributed by atoms with E-state index in [1.54, 1.807) is 0 Å². The fourth-order valence-corrected chi connectivity index (χ4v) is 1.33. The van der Waals surface area contributed by atoms with E-state index >= 15 is 0 Å². The van der Waals surface area contributed by atoms with Gasteiger partial charge in [-0.25, -0.2) is 0 Å². The first-order valence-electron chi connectivity index (χ1n) is 3.38. The average Bonchev–Trinajstić information content (AvgIpc) is 1.59. The Hall–Kier alpha value is -0.0800. The van der Waals surface area contributed by atoms with Crippen LogP contribution in [0.4, 0.5) is 0 Å². The average molecular weight is 128 g/mol. The van der Waals surface area contributed by atoms with Crippen LogP contribution in [0.1, 0.15) is 13.8 Å². The van der Waals surface area contributed by atoms with Crippen molar-refractivity contribution >= 4 is 0 Å². The van der Waals surface area contributed by atoms with Crippen LogP contribution < -0.4 is 0 Å². The topological polar surface area (TPSA) is 18.5 Å². The maximum Gasteiger partial charge on any atom is 0.122 e. The Morgan fingerprint density at radius 1 is 1.11 bits per heavy atom. The molecule has 2 aliphatic rings. The summed E-state index contributed by atoms with van der Waals surface area (Å²) in [7, 11) is 0. The maximum absolute atomic E-state index is 5.44. The van der Waals surface area contributed by atoms with Crippen molar-refractivity contribution in [2.75, 3.05) is 19.8 Å². The summed E-state index contributed by atoms with van der Waals surface area (Å²) in [6, 6.07) is 0. The first kappa shape index (κ1) is 5.69. The standard InChI is InChI=1S/C7H12O2/c1-6(2)3-9-7(6)4-8-5-7/h3-5H2,1-2H3. The van der Waals surface area contributed by atoms with Crippen LogP contribution in [0.3, 0.4) is 0 Å². The Morgan fingerprint density at radius 3 is 1.78 bits per heavy atom. The molecule has 2 saturated heterocycles. The molecule has 0 N–H and O–H groups in total. The second-order valence-corrected chi connectivity index (χ2v) is 3.66. The Kier molecular flexibility index (Phi) is 0.837. The van der Waals surface area contributed by atoms with Crippen LogP contribution in [-0.2, 0) is 9.47 Å². The summed E-state index contributed by atoms with van der Waals surface area (Å²) in [6.07, 6.45) is 0. The Bertz CT molecular complexity index is 130. The van der Waals surface area contributed by atoms with Crippen LogP contribution in [0, 0.1) is 5.41 Å². The van der Waals surface area contributed by atoms with E-state index in [2.05, 4.69) is 13.8 Å². The van der Waals surface area contributed by atoms with Crippen LogP contribution in [-0.4, -0.2) is 25.4 Å². The molecule has 0 aromatic rings. The lowest BCUT2D eigenvalue weighted by Gasteiger charge is -2.60. The van der Waals surface area contributed by atoms with Gasteiger partial charge in [0.1, 0.15) is 5.60 Å². The largest absolute Gasteiger partial charge is 0.375 e. The fraction of sp³-hybridized carbons (Fsp3) is 1.00. The molecule has 1 spiro atoms. The summed E-state index contributed by atoms with van der Waals surface area (Å²) in [5.41, 5.74) is 0.484. The number of ether oxygens (including phenoxy) is 2. The number of hydrogen-bond acceptors (Lipinski definition) is 2. The highest BCUT2D eigenvalue weighted by molar-refractivity contribution is 5.06. The molecule has 2 nitrogen and oxygen atoms in total. The molecule has 9 heavy (non-hydrogen) atoms. The van der Waals surface area contributed by atoms with Gasteiger partial charge >= 0.3 is 0 Å². The predicted octanol–water partition coefficient (Wildman–Crippen LogP) is 0.812. The highest BCUT2D eigenvalue weighted by Crippen LogP contribution is 2.48. The normalized spacial score (nSPS) is 35.3. The van der Waals surface area contributed by atoms with Gasteiger partial charge in [-0.15, -0.1) is 0 Å². The quantitative estimate of drug-likeness (QED) is 0.480. The molecule has 0 radical (unpaired) electrons. The smallest absolute Gasteiger partial charge is 0.122 e. The Morgan fingerprint density at radius 2 is 1.78 bits per heavy atom. The van der Waals surface area contributed by atoms with E-state index in [9.17, 15) is 0 Å². The Balaban J connectivity index is 2.13. The van der Waals surface area contributed by atoms with Crippen molar-refractivity contribution in [1.29, 1.82) is 0 Å². The lowest BCUT2D eigenvalue weighted by Crippen LogP contribution is -2.70. The zero-order chi connectivity index (χ0) is 6.54. The minimum Gasteiger partial charge on any atom is -0.375 e. The summed E-state index contributed by atoms with van der Waals surface area (Å²) in [6.45, 7) is 6.98. The van der Waals surface area contributed by atoms with Gasteiger partial charge in [-0.3, -0.25) is 0 Å². The second kappa shape index (κ2) is 1.32. The molecule has 2 heterocycles. The van der Waals surface area contributed by atoms with E-state index in [1.807, 2.05) is 0 Å². The van der Waals surface area contributed by atoms with Crippen molar-refractivity contribution in [3.05, 3.63) is 0 Å². The summed E-state index contributed by atoms with van der Waals surface area (Å²) < 4.78 is 10.5. The van der Waals surface area contributed by atoms with Crippen molar-refractivity contribution < 1.29 is 9.47 Å². The molecule has 2 rings (SSSR count). The second-order valence-electron chi connectivity index (χ2n) is 3.66. The SMILES string of the molecule is CC1(C)COC12COC2. The third-order valence-corrected chi connectivity index (χ3v) is 2.61. The van der Waals surface area contributed by atoms with Gasteiger partial charge < -0.3 is 9.47 Å². The van der Waals surface area contributed by atoms with Crippen molar-refractivity contribution in [2.45, 2.75) is 19.4 Å². The summed E-state index contributed by atoms with van der Waals surface area (Å²) in [4.78, 5) is 0. The molecule has 0 aromatic heterocycles. The van der Waals surface area contributed by atoms with Gasteiger partial charge in [0.2, 0.25) is 0 Å². The lowest BCUT2D eigenvalue weighted by atomic mass is 9.69. The van der Waals surface area contributed by atoms with Crippen LogP contribution >= 0.6 is 0 Å². The third-order valence-electron chi connectivity index (χ3n) is 2.61. The van der Waals surface area contributed by atoms with Gasteiger partial charge in [0.05, 0.1) is 19.8 Å². The number of rotatable bonds is 0. The van der Waals surface area contributed by atoms with Crippen molar-refractivity contribution in [3.8, 4) is 0 Å². The molecule has 0 atom stereocenters. The van der Waals surface area contributed by atoms with Gasteiger partial charge in [-0.2, -0.15) is 0 Å². The molecule has 0 aromatic carbocycles. The highest BCUT2D eigenvalue weighted by Gasteiger charge is 2.59. The first-order chi connectivity index (χ1) is 4.16.